The Morgan fingerprint density at radius 3 is 2.70 bits per heavy atom. The van der Waals surface area contributed by atoms with Crippen molar-refractivity contribution in [3.63, 3.8) is 0 Å². The summed E-state index contributed by atoms with van der Waals surface area (Å²) in [7, 11) is 0. The van der Waals surface area contributed by atoms with Gasteiger partial charge in [0.2, 0.25) is 0 Å². The van der Waals surface area contributed by atoms with Crippen LogP contribution in [-0.4, -0.2) is 9.78 Å². The van der Waals surface area contributed by atoms with Crippen molar-refractivity contribution in [1.82, 2.24) is 9.78 Å². The SMILES string of the molecule is CCC(CC)n1ccc(COc2cc(C)ccc2F)n1. The minimum absolute atomic E-state index is 0.280. The van der Waals surface area contributed by atoms with Gasteiger partial charge in [-0.15, -0.1) is 0 Å². The van der Waals surface area contributed by atoms with Gasteiger partial charge in [0, 0.05) is 6.20 Å². The smallest absolute Gasteiger partial charge is 0.165 e. The predicted molar refractivity (Wildman–Crippen MR) is 77.3 cm³/mol. The molecule has 108 valence electrons. The molecule has 2 rings (SSSR count). The molecule has 3 nitrogen and oxygen atoms in total. The topological polar surface area (TPSA) is 27.1 Å². The van der Waals surface area contributed by atoms with E-state index in [9.17, 15) is 4.39 Å². The molecule has 1 heterocycles. The number of hydrogen-bond acceptors (Lipinski definition) is 2. The van der Waals surface area contributed by atoms with Crippen molar-refractivity contribution in [2.24, 2.45) is 0 Å². The number of benzene rings is 1. The molecule has 1 aromatic heterocycles. The van der Waals surface area contributed by atoms with E-state index in [1.54, 1.807) is 12.1 Å². The van der Waals surface area contributed by atoms with Crippen molar-refractivity contribution in [3.8, 4) is 5.75 Å². The molecule has 0 saturated heterocycles. The minimum atomic E-state index is -0.338. The fourth-order valence-corrected chi connectivity index (χ4v) is 2.19. The Morgan fingerprint density at radius 1 is 1.25 bits per heavy atom. The molecule has 0 aliphatic heterocycles. The Kier molecular flexibility index (Phi) is 4.77. The van der Waals surface area contributed by atoms with E-state index in [2.05, 4.69) is 18.9 Å². The second-order valence-electron chi connectivity index (χ2n) is 4.98. The molecule has 2 aromatic rings. The highest BCUT2D eigenvalue weighted by Gasteiger charge is 2.09. The molecule has 20 heavy (non-hydrogen) atoms. The van der Waals surface area contributed by atoms with Crippen LogP contribution in [-0.2, 0) is 6.61 Å². The third-order valence-corrected chi connectivity index (χ3v) is 3.44. The highest BCUT2D eigenvalue weighted by atomic mass is 19.1. The first-order valence-corrected chi connectivity index (χ1v) is 7.07. The first kappa shape index (κ1) is 14.6. The molecule has 4 heteroatoms. The second-order valence-corrected chi connectivity index (χ2v) is 4.98. The van der Waals surface area contributed by atoms with Crippen molar-refractivity contribution in [2.45, 2.75) is 46.3 Å². The van der Waals surface area contributed by atoms with E-state index in [0.717, 1.165) is 24.1 Å². The average Bonchev–Trinajstić information content (AvgIpc) is 2.90. The van der Waals surface area contributed by atoms with Crippen LogP contribution in [0.4, 0.5) is 4.39 Å². The number of aryl methyl sites for hydroxylation is 1. The molecule has 0 radical (unpaired) electrons. The lowest BCUT2D eigenvalue weighted by atomic mass is 10.2. The van der Waals surface area contributed by atoms with Gasteiger partial charge in [0.1, 0.15) is 6.61 Å². The molecule has 0 N–H and O–H groups in total. The molecule has 0 aliphatic rings. The lowest BCUT2D eigenvalue weighted by Gasteiger charge is -2.12. The third kappa shape index (κ3) is 3.38. The van der Waals surface area contributed by atoms with Crippen LogP contribution in [0.1, 0.15) is 44.0 Å². The fourth-order valence-electron chi connectivity index (χ4n) is 2.19. The van der Waals surface area contributed by atoms with E-state index < -0.39 is 0 Å². The summed E-state index contributed by atoms with van der Waals surface area (Å²) in [5.74, 6) is -0.0582. The van der Waals surface area contributed by atoms with Crippen LogP contribution in [0.3, 0.4) is 0 Å². The maximum atomic E-state index is 13.6. The molecular formula is C16H21FN2O. The third-order valence-electron chi connectivity index (χ3n) is 3.44. The van der Waals surface area contributed by atoms with Crippen molar-refractivity contribution < 1.29 is 9.13 Å². The Hall–Kier alpha value is -1.84. The largest absolute Gasteiger partial charge is 0.484 e. The first-order chi connectivity index (χ1) is 9.63. The maximum absolute atomic E-state index is 13.6. The van der Waals surface area contributed by atoms with Gasteiger partial charge in [-0.25, -0.2) is 4.39 Å². The minimum Gasteiger partial charge on any atom is -0.484 e. The zero-order valence-corrected chi connectivity index (χ0v) is 12.3. The second kappa shape index (κ2) is 6.55. The first-order valence-electron chi connectivity index (χ1n) is 7.07. The van der Waals surface area contributed by atoms with E-state index in [-0.39, 0.29) is 18.2 Å². The van der Waals surface area contributed by atoms with E-state index in [1.807, 2.05) is 23.9 Å². The molecule has 0 spiro atoms. The predicted octanol–water partition coefficient (Wildman–Crippen LogP) is 4.27. The zero-order valence-electron chi connectivity index (χ0n) is 12.3. The summed E-state index contributed by atoms with van der Waals surface area (Å²) < 4.78 is 21.0. The van der Waals surface area contributed by atoms with Crippen LogP contribution >= 0.6 is 0 Å². The van der Waals surface area contributed by atoms with Crippen molar-refractivity contribution in [3.05, 3.63) is 47.5 Å². The van der Waals surface area contributed by atoms with Gasteiger partial charge in [-0.1, -0.05) is 19.9 Å². The molecule has 0 amide bonds. The molecule has 0 atom stereocenters. The van der Waals surface area contributed by atoms with Crippen LogP contribution in [0.15, 0.2) is 30.5 Å². The molecular weight excluding hydrogens is 255 g/mol. The maximum Gasteiger partial charge on any atom is 0.165 e. The van der Waals surface area contributed by atoms with E-state index in [1.165, 1.54) is 6.07 Å². The average molecular weight is 276 g/mol. The highest BCUT2D eigenvalue weighted by molar-refractivity contribution is 5.29. The van der Waals surface area contributed by atoms with Crippen molar-refractivity contribution in [2.75, 3.05) is 0 Å². The normalized spacial score (nSPS) is 11.1. The molecule has 0 bridgehead atoms. The number of halogens is 1. The van der Waals surface area contributed by atoms with Gasteiger partial charge >= 0.3 is 0 Å². The summed E-state index contributed by atoms with van der Waals surface area (Å²) in [5.41, 5.74) is 1.79. The quantitative estimate of drug-likeness (QED) is 0.787. The standard InChI is InChI=1S/C16H21FN2O/c1-4-14(5-2)19-9-8-13(18-19)11-20-16-10-12(3)6-7-15(16)17/h6-10,14H,4-5,11H2,1-3H3. The summed E-state index contributed by atoms with van der Waals surface area (Å²) in [6, 6.07) is 7.19. The Balaban J connectivity index is 2.02. The van der Waals surface area contributed by atoms with Crippen LogP contribution in [0, 0.1) is 12.7 Å². The molecule has 0 unspecified atom stereocenters. The Labute approximate surface area is 119 Å². The summed E-state index contributed by atoms with van der Waals surface area (Å²) >= 11 is 0. The van der Waals surface area contributed by atoms with E-state index in [4.69, 9.17) is 4.74 Å². The molecule has 0 aliphatic carbocycles. The lowest BCUT2D eigenvalue weighted by Crippen LogP contribution is -2.08. The summed E-state index contributed by atoms with van der Waals surface area (Å²) in [6.45, 7) is 6.49. The van der Waals surface area contributed by atoms with Gasteiger partial charge in [0.15, 0.2) is 11.6 Å². The number of rotatable bonds is 6. The molecule has 0 fully saturated rings. The van der Waals surface area contributed by atoms with Gasteiger partial charge < -0.3 is 4.74 Å². The van der Waals surface area contributed by atoms with Gasteiger partial charge in [-0.2, -0.15) is 5.10 Å². The van der Waals surface area contributed by atoms with Crippen molar-refractivity contribution >= 4 is 0 Å². The summed E-state index contributed by atoms with van der Waals surface area (Å²) in [6.07, 6.45) is 4.05. The van der Waals surface area contributed by atoms with Crippen LogP contribution in [0.2, 0.25) is 0 Å². The van der Waals surface area contributed by atoms with Crippen LogP contribution < -0.4 is 4.74 Å². The fraction of sp³-hybridized carbons (Fsp3) is 0.438. The molecule has 0 saturated carbocycles. The Morgan fingerprint density at radius 2 is 2.00 bits per heavy atom. The lowest BCUT2D eigenvalue weighted by molar-refractivity contribution is 0.282. The van der Waals surface area contributed by atoms with Crippen LogP contribution in [0.25, 0.3) is 0 Å². The highest BCUT2D eigenvalue weighted by Crippen LogP contribution is 2.20. The number of ether oxygens (including phenoxy) is 1. The van der Waals surface area contributed by atoms with Gasteiger partial charge in [-0.3, -0.25) is 4.68 Å². The van der Waals surface area contributed by atoms with Crippen molar-refractivity contribution in [1.29, 1.82) is 0 Å². The van der Waals surface area contributed by atoms with Crippen LogP contribution in [0.5, 0.6) is 5.75 Å². The number of hydrogen-bond donors (Lipinski definition) is 0. The Bertz CT molecular complexity index is 561. The zero-order chi connectivity index (χ0) is 14.5. The summed E-state index contributed by atoms with van der Waals surface area (Å²) in [4.78, 5) is 0. The molecule has 1 aromatic carbocycles. The van der Waals surface area contributed by atoms with Gasteiger partial charge in [-0.05, 0) is 43.5 Å². The monoisotopic (exact) mass is 276 g/mol. The number of nitrogens with zero attached hydrogens (tertiary/aromatic N) is 2. The van der Waals surface area contributed by atoms with Gasteiger partial charge in [0.05, 0.1) is 11.7 Å². The van der Waals surface area contributed by atoms with Gasteiger partial charge in [0.25, 0.3) is 0 Å². The van der Waals surface area contributed by atoms with E-state index >= 15 is 0 Å². The number of aromatic nitrogens is 2. The summed E-state index contributed by atoms with van der Waals surface area (Å²) in [5, 5.41) is 4.49. The van der Waals surface area contributed by atoms with E-state index in [0.29, 0.717) is 6.04 Å².